The molecule has 0 aromatic heterocycles. The fourth-order valence-electron chi connectivity index (χ4n) is 2.67. The third kappa shape index (κ3) is 4.27. The second-order valence-electron chi connectivity index (χ2n) is 5.68. The second-order valence-corrected chi connectivity index (χ2v) is 5.68. The number of amides is 1. The molecule has 0 saturated carbocycles. The van der Waals surface area contributed by atoms with Gasteiger partial charge in [-0.2, -0.15) is 0 Å². The number of nitrogens with one attached hydrogen (secondary N) is 1. The summed E-state index contributed by atoms with van der Waals surface area (Å²) in [5.41, 5.74) is 0.937. The van der Waals surface area contributed by atoms with Crippen LogP contribution in [0.25, 0.3) is 0 Å². The molecule has 0 aliphatic carbocycles. The Hall–Kier alpha value is -1.95. The summed E-state index contributed by atoms with van der Waals surface area (Å²) in [6.07, 6.45) is 2.65. The van der Waals surface area contributed by atoms with Crippen molar-refractivity contribution in [2.75, 3.05) is 6.54 Å². The molecule has 6 heteroatoms. The normalized spacial score (nSPS) is 20.4. The average Bonchev–Trinajstić information content (AvgIpc) is 2.50. The van der Waals surface area contributed by atoms with Gasteiger partial charge in [-0.15, -0.1) is 0 Å². The number of halogens is 1. The van der Waals surface area contributed by atoms with Gasteiger partial charge >= 0.3 is 5.97 Å². The molecular formula is C16H21FN2O3. The summed E-state index contributed by atoms with van der Waals surface area (Å²) < 4.78 is 13.0. The van der Waals surface area contributed by atoms with E-state index in [1.165, 1.54) is 19.1 Å². The van der Waals surface area contributed by atoms with Gasteiger partial charge in [-0.1, -0.05) is 18.6 Å². The van der Waals surface area contributed by atoms with E-state index in [2.05, 4.69) is 5.32 Å². The lowest BCUT2D eigenvalue weighted by atomic mass is 10.00. The minimum absolute atomic E-state index is 0.253. The van der Waals surface area contributed by atoms with Gasteiger partial charge in [0.05, 0.1) is 6.04 Å². The molecule has 1 aliphatic rings. The zero-order chi connectivity index (χ0) is 16.1. The lowest BCUT2D eigenvalue weighted by Crippen LogP contribution is -2.52. The van der Waals surface area contributed by atoms with Crippen molar-refractivity contribution in [1.82, 2.24) is 10.2 Å². The van der Waals surface area contributed by atoms with Crippen LogP contribution in [0.3, 0.4) is 0 Å². The molecule has 0 bridgehead atoms. The number of carbonyl (C=O) groups excluding carboxylic acids is 1. The van der Waals surface area contributed by atoms with Crippen LogP contribution in [0.2, 0.25) is 0 Å². The molecule has 0 unspecified atom stereocenters. The zero-order valence-corrected chi connectivity index (χ0v) is 12.6. The highest BCUT2D eigenvalue weighted by Gasteiger charge is 2.30. The largest absolute Gasteiger partial charge is 0.480 e. The highest BCUT2D eigenvalue weighted by molar-refractivity contribution is 5.86. The van der Waals surface area contributed by atoms with Crippen LogP contribution in [0.5, 0.6) is 0 Å². The van der Waals surface area contributed by atoms with E-state index in [9.17, 15) is 14.0 Å². The Balaban J connectivity index is 2.02. The van der Waals surface area contributed by atoms with Crippen LogP contribution in [-0.2, 0) is 16.1 Å². The molecule has 22 heavy (non-hydrogen) atoms. The van der Waals surface area contributed by atoms with Gasteiger partial charge in [-0.3, -0.25) is 14.5 Å². The summed E-state index contributed by atoms with van der Waals surface area (Å²) in [6, 6.07) is 4.99. The minimum Gasteiger partial charge on any atom is -0.480 e. The number of aliphatic carboxylic acids is 1. The van der Waals surface area contributed by atoms with Crippen LogP contribution < -0.4 is 5.32 Å². The van der Waals surface area contributed by atoms with Crippen molar-refractivity contribution in [3.63, 3.8) is 0 Å². The van der Waals surface area contributed by atoms with E-state index in [1.807, 2.05) is 4.90 Å². The van der Waals surface area contributed by atoms with E-state index in [4.69, 9.17) is 5.11 Å². The fourth-order valence-corrected chi connectivity index (χ4v) is 2.67. The summed E-state index contributed by atoms with van der Waals surface area (Å²) in [5, 5.41) is 11.4. The van der Waals surface area contributed by atoms with Gasteiger partial charge in [0.1, 0.15) is 11.9 Å². The lowest BCUT2D eigenvalue weighted by molar-refractivity contribution is -0.142. The number of nitrogens with zero attached hydrogens (tertiary/aromatic N) is 1. The maximum absolute atomic E-state index is 13.0. The van der Waals surface area contributed by atoms with Crippen molar-refractivity contribution in [2.45, 2.75) is 44.8 Å². The number of hydrogen-bond acceptors (Lipinski definition) is 3. The molecule has 0 spiro atoms. The predicted molar refractivity (Wildman–Crippen MR) is 79.7 cm³/mol. The molecule has 2 atom stereocenters. The molecule has 2 rings (SSSR count). The van der Waals surface area contributed by atoms with Gasteiger partial charge in [0.25, 0.3) is 0 Å². The van der Waals surface area contributed by atoms with Crippen LogP contribution >= 0.6 is 0 Å². The Morgan fingerprint density at radius 2 is 2.05 bits per heavy atom. The molecule has 1 aliphatic heterocycles. The van der Waals surface area contributed by atoms with E-state index in [0.717, 1.165) is 24.9 Å². The monoisotopic (exact) mass is 308 g/mol. The standard InChI is InChI=1S/C16H21FN2O3/c1-11(16(21)22)18-15(20)14-4-2-3-9-19(14)10-12-5-7-13(17)8-6-12/h5-8,11,14H,2-4,9-10H2,1H3,(H,18,20)(H,21,22)/t11-,14+/m0/s1. The van der Waals surface area contributed by atoms with Crippen molar-refractivity contribution in [3.05, 3.63) is 35.6 Å². The number of benzene rings is 1. The predicted octanol–water partition coefficient (Wildman–Crippen LogP) is 1.77. The Kier molecular flexibility index (Phi) is 5.49. The molecule has 120 valence electrons. The first kappa shape index (κ1) is 16.4. The maximum atomic E-state index is 13.0. The first-order valence-electron chi connectivity index (χ1n) is 7.49. The molecule has 1 heterocycles. The molecule has 1 amide bonds. The van der Waals surface area contributed by atoms with Crippen LogP contribution in [0.4, 0.5) is 4.39 Å². The SMILES string of the molecule is C[C@H](NC(=O)[C@H]1CCCCN1Cc1ccc(F)cc1)C(=O)O. The number of hydrogen-bond donors (Lipinski definition) is 2. The maximum Gasteiger partial charge on any atom is 0.325 e. The van der Waals surface area contributed by atoms with Crippen LogP contribution in [0, 0.1) is 5.82 Å². The molecular weight excluding hydrogens is 287 g/mol. The molecule has 1 fully saturated rings. The van der Waals surface area contributed by atoms with Crippen LogP contribution in [0.1, 0.15) is 31.7 Å². The van der Waals surface area contributed by atoms with Gasteiger partial charge in [-0.05, 0) is 44.0 Å². The van der Waals surface area contributed by atoms with Crippen molar-refractivity contribution in [2.24, 2.45) is 0 Å². The fraction of sp³-hybridized carbons (Fsp3) is 0.500. The molecule has 5 nitrogen and oxygen atoms in total. The quantitative estimate of drug-likeness (QED) is 0.870. The average molecular weight is 308 g/mol. The van der Waals surface area contributed by atoms with Gasteiger partial charge in [0.2, 0.25) is 5.91 Å². The van der Waals surface area contributed by atoms with Crippen molar-refractivity contribution >= 4 is 11.9 Å². The van der Waals surface area contributed by atoms with Crippen LogP contribution in [0.15, 0.2) is 24.3 Å². The first-order chi connectivity index (χ1) is 10.5. The van der Waals surface area contributed by atoms with Crippen LogP contribution in [-0.4, -0.2) is 40.5 Å². The van der Waals surface area contributed by atoms with E-state index >= 15 is 0 Å². The Morgan fingerprint density at radius 1 is 1.36 bits per heavy atom. The topological polar surface area (TPSA) is 69.6 Å². The highest BCUT2D eigenvalue weighted by atomic mass is 19.1. The first-order valence-corrected chi connectivity index (χ1v) is 7.49. The van der Waals surface area contributed by atoms with E-state index in [0.29, 0.717) is 13.0 Å². The minimum atomic E-state index is -1.05. The smallest absolute Gasteiger partial charge is 0.325 e. The van der Waals surface area contributed by atoms with Crippen molar-refractivity contribution < 1.29 is 19.1 Å². The molecule has 0 radical (unpaired) electrons. The van der Waals surface area contributed by atoms with Gasteiger partial charge < -0.3 is 10.4 Å². The molecule has 1 aromatic rings. The lowest BCUT2D eigenvalue weighted by Gasteiger charge is -2.35. The van der Waals surface area contributed by atoms with Gasteiger partial charge in [0.15, 0.2) is 0 Å². The summed E-state index contributed by atoms with van der Waals surface area (Å²) in [7, 11) is 0. The summed E-state index contributed by atoms with van der Waals surface area (Å²) in [5.74, 6) is -1.59. The molecule has 1 aromatic carbocycles. The number of carboxylic acid groups (broad SMARTS) is 1. The molecule has 1 saturated heterocycles. The van der Waals surface area contributed by atoms with Crippen molar-refractivity contribution in [1.29, 1.82) is 0 Å². The number of carboxylic acids is 1. The number of carbonyl (C=O) groups is 2. The highest BCUT2D eigenvalue weighted by Crippen LogP contribution is 2.20. The number of piperidine rings is 1. The van der Waals surface area contributed by atoms with Crippen molar-refractivity contribution in [3.8, 4) is 0 Å². The zero-order valence-electron chi connectivity index (χ0n) is 12.6. The summed E-state index contributed by atoms with van der Waals surface area (Å²) in [6.45, 7) is 2.78. The summed E-state index contributed by atoms with van der Waals surface area (Å²) in [4.78, 5) is 25.2. The van der Waals surface area contributed by atoms with Gasteiger partial charge in [0, 0.05) is 6.54 Å². The van der Waals surface area contributed by atoms with E-state index < -0.39 is 12.0 Å². The van der Waals surface area contributed by atoms with E-state index in [-0.39, 0.29) is 17.8 Å². The van der Waals surface area contributed by atoms with Gasteiger partial charge in [-0.25, -0.2) is 4.39 Å². The van der Waals surface area contributed by atoms with E-state index in [1.54, 1.807) is 12.1 Å². The Bertz CT molecular complexity index is 533. The third-order valence-electron chi connectivity index (χ3n) is 3.94. The Labute approximate surface area is 129 Å². The third-order valence-corrected chi connectivity index (χ3v) is 3.94. The number of rotatable bonds is 5. The Morgan fingerprint density at radius 3 is 2.68 bits per heavy atom. The number of likely N-dealkylation sites (tertiary alicyclic amines) is 1. The second kappa shape index (κ2) is 7.35. The summed E-state index contributed by atoms with van der Waals surface area (Å²) >= 11 is 0. The molecule has 2 N–H and O–H groups in total.